The van der Waals surface area contributed by atoms with Gasteiger partial charge in [0.25, 0.3) is 0 Å². The lowest BCUT2D eigenvalue weighted by molar-refractivity contribution is -0.121. The summed E-state index contributed by atoms with van der Waals surface area (Å²) < 4.78 is 5.00. The third-order valence-corrected chi connectivity index (χ3v) is 3.45. The van der Waals surface area contributed by atoms with Gasteiger partial charge in [0.05, 0.1) is 18.3 Å². The predicted molar refractivity (Wildman–Crippen MR) is 90.2 cm³/mol. The van der Waals surface area contributed by atoms with Gasteiger partial charge in [-0.05, 0) is 29.7 Å². The Kier molecular flexibility index (Phi) is 6.00. The highest BCUT2D eigenvalue weighted by molar-refractivity contribution is 6.32. The fourth-order valence-corrected chi connectivity index (χ4v) is 2.18. The van der Waals surface area contributed by atoms with Gasteiger partial charge in [-0.2, -0.15) is 5.10 Å². The maximum Gasteiger partial charge on any atom is 0.240 e. The molecule has 1 amide bonds. The molecule has 0 atom stereocenters. The first-order valence-electron chi connectivity index (χ1n) is 7.02. The summed E-state index contributed by atoms with van der Waals surface area (Å²) in [6.45, 7) is 0. The second kappa shape index (κ2) is 8.19. The number of carbonyl (C=O) groups is 1. The molecular weight excluding hydrogens is 316 g/mol. The summed E-state index contributed by atoms with van der Waals surface area (Å²) in [5, 5.41) is 13.7. The minimum Gasteiger partial charge on any atom is -0.503 e. The fraction of sp³-hybridized carbons (Fsp3) is 0.176. The number of hydrogen-bond donors (Lipinski definition) is 2. The van der Waals surface area contributed by atoms with Crippen LogP contribution in [0.5, 0.6) is 11.5 Å². The number of rotatable bonds is 6. The summed E-state index contributed by atoms with van der Waals surface area (Å²) in [6.07, 6.45) is 2.44. The van der Waals surface area contributed by atoms with Gasteiger partial charge in [0.2, 0.25) is 5.91 Å². The number of halogens is 1. The zero-order valence-electron chi connectivity index (χ0n) is 12.6. The van der Waals surface area contributed by atoms with Gasteiger partial charge in [-0.25, -0.2) is 5.43 Å². The minimum absolute atomic E-state index is 0.127. The molecule has 0 spiro atoms. The summed E-state index contributed by atoms with van der Waals surface area (Å²) >= 11 is 5.88. The molecule has 0 fully saturated rings. The van der Waals surface area contributed by atoms with Crippen molar-refractivity contribution in [2.75, 3.05) is 7.11 Å². The lowest BCUT2D eigenvalue weighted by atomic mass is 10.1. The van der Waals surface area contributed by atoms with Crippen LogP contribution in [0.1, 0.15) is 17.5 Å². The van der Waals surface area contributed by atoms with Gasteiger partial charge in [-0.3, -0.25) is 4.79 Å². The van der Waals surface area contributed by atoms with Crippen LogP contribution in [-0.4, -0.2) is 24.3 Å². The molecule has 0 radical (unpaired) electrons. The molecule has 0 aliphatic heterocycles. The highest BCUT2D eigenvalue weighted by Crippen LogP contribution is 2.34. The number of phenolic OH excluding ortho intramolecular Hbond substituents is 1. The Morgan fingerprint density at radius 1 is 1.35 bits per heavy atom. The van der Waals surface area contributed by atoms with Crippen LogP contribution in [0.3, 0.4) is 0 Å². The van der Waals surface area contributed by atoms with E-state index in [1.807, 2.05) is 30.3 Å². The highest BCUT2D eigenvalue weighted by atomic mass is 35.5. The van der Waals surface area contributed by atoms with Crippen LogP contribution in [0.2, 0.25) is 5.02 Å². The lowest BCUT2D eigenvalue weighted by Crippen LogP contribution is -2.17. The van der Waals surface area contributed by atoms with E-state index < -0.39 is 0 Å². The van der Waals surface area contributed by atoms with Crippen LogP contribution >= 0.6 is 11.6 Å². The Morgan fingerprint density at radius 2 is 2.09 bits per heavy atom. The number of hydrogen-bond acceptors (Lipinski definition) is 4. The van der Waals surface area contributed by atoms with Crippen LogP contribution in [0, 0.1) is 0 Å². The van der Waals surface area contributed by atoms with Gasteiger partial charge in [0.15, 0.2) is 11.5 Å². The normalized spacial score (nSPS) is 10.7. The first-order chi connectivity index (χ1) is 11.1. The van der Waals surface area contributed by atoms with Crippen molar-refractivity contribution >= 4 is 23.7 Å². The van der Waals surface area contributed by atoms with Gasteiger partial charge in [-0.15, -0.1) is 0 Å². The van der Waals surface area contributed by atoms with Gasteiger partial charge in [0.1, 0.15) is 0 Å². The SMILES string of the molecule is COc1cc(/C=N\NC(=O)CCc2ccccc2)cc(Cl)c1O. The summed E-state index contributed by atoms with van der Waals surface area (Å²) in [7, 11) is 1.43. The number of phenols is 1. The Labute approximate surface area is 139 Å². The van der Waals surface area contributed by atoms with E-state index >= 15 is 0 Å². The number of nitrogens with zero attached hydrogens (tertiary/aromatic N) is 1. The predicted octanol–water partition coefficient (Wildman–Crippen LogP) is 3.14. The van der Waals surface area contributed by atoms with E-state index in [0.717, 1.165) is 5.56 Å². The highest BCUT2D eigenvalue weighted by Gasteiger charge is 2.08. The average molecular weight is 333 g/mol. The van der Waals surface area contributed by atoms with E-state index in [1.165, 1.54) is 19.4 Å². The van der Waals surface area contributed by atoms with Gasteiger partial charge < -0.3 is 9.84 Å². The van der Waals surface area contributed by atoms with E-state index in [-0.39, 0.29) is 22.4 Å². The Hall–Kier alpha value is -2.53. The van der Waals surface area contributed by atoms with Crippen molar-refractivity contribution in [2.24, 2.45) is 5.10 Å². The molecule has 0 unspecified atom stereocenters. The molecule has 23 heavy (non-hydrogen) atoms. The quantitative estimate of drug-likeness (QED) is 0.630. The smallest absolute Gasteiger partial charge is 0.240 e. The number of benzene rings is 2. The van der Waals surface area contributed by atoms with E-state index in [0.29, 0.717) is 18.4 Å². The number of aromatic hydroxyl groups is 1. The molecule has 0 saturated heterocycles. The zero-order chi connectivity index (χ0) is 16.7. The van der Waals surface area contributed by atoms with Gasteiger partial charge in [0, 0.05) is 6.42 Å². The molecule has 0 aliphatic rings. The molecule has 0 saturated carbocycles. The molecule has 0 aliphatic carbocycles. The number of aryl methyl sites for hydroxylation is 1. The number of amides is 1. The van der Waals surface area contributed by atoms with E-state index in [1.54, 1.807) is 6.07 Å². The van der Waals surface area contributed by atoms with Crippen molar-refractivity contribution in [2.45, 2.75) is 12.8 Å². The molecule has 2 aromatic rings. The van der Waals surface area contributed by atoms with Gasteiger partial charge in [-0.1, -0.05) is 41.9 Å². The van der Waals surface area contributed by atoms with E-state index in [2.05, 4.69) is 10.5 Å². The molecule has 0 bridgehead atoms. The zero-order valence-corrected chi connectivity index (χ0v) is 13.4. The van der Waals surface area contributed by atoms with Crippen LogP contribution in [-0.2, 0) is 11.2 Å². The first-order valence-corrected chi connectivity index (χ1v) is 7.40. The fourth-order valence-electron chi connectivity index (χ4n) is 1.96. The Balaban J connectivity index is 1.89. The second-order valence-corrected chi connectivity index (χ2v) is 5.24. The van der Waals surface area contributed by atoms with Crippen molar-refractivity contribution in [3.05, 3.63) is 58.6 Å². The Morgan fingerprint density at radius 3 is 2.78 bits per heavy atom. The van der Waals surface area contributed by atoms with Crippen molar-refractivity contribution < 1.29 is 14.6 Å². The molecule has 0 aromatic heterocycles. The largest absolute Gasteiger partial charge is 0.503 e. The molecule has 2 rings (SSSR count). The molecule has 0 heterocycles. The first kappa shape index (κ1) is 16.8. The molecule has 5 nitrogen and oxygen atoms in total. The van der Waals surface area contributed by atoms with Crippen LogP contribution in [0.15, 0.2) is 47.6 Å². The number of carbonyl (C=O) groups excluding carboxylic acids is 1. The summed E-state index contributed by atoms with van der Waals surface area (Å²) in [6, 6.07) is 12.9. The molecule has 120 valence electrons. The number of methoxy groups -OCH3 is 1. The third-order valence-electron chi connectivity index (χ3n) is 3.16. The van der Waals surface area contributed by atoms with Gasteiger partial charge >= 0.3 is 0 Å². The van der Waals surface area contributed by atoms with E-state index in [9.17, 15) is 9.90 Å². The van der Waals surface area contributed by atoms with Crippen molar-refractivity contribution in [3.8, 4) is 11.5 Å². The van der Waals surface area contributed by atoms with Crippen molar-refractivity contribution in [3.63, 3.8) is 0 Å². The van der Waals surface area contributed by atoms with Crippen molar-refractivity contribution in [1.29, 1.82) is 0 Å². The average Bonchev–Trinajstić information content (AvgIpc) is 2.57. The van der Waals surface area contributed by atoms with Crippen LogP contribution in [0.25, 0.3) is 0 Å². The molecule has 6 heteroatoms. The summed E-state index contributed by atoms with van der Waals surface area (Å²) in [5.41, 5.74) is 4.16. The van der Waals surface area contributed by atoms with Crippen LogP contribution in [0.4, 0.5) is 0 Å². The lowest BCUT2D eigenvalue weighted by Gasteiger charge is -2.06. The van der Waals surface area contributed by atoms with Crippen LogP contribution < -0.4 is 10.2 Å². The molecule has 2 aromatic carbocycles. The van der Waals surface area contributed by atoms with E-state index in [4.69, 9.17) is 16.3 Å². The standard InChI is InChI=1S/C17H17ClN2O3/c1-23-15-10-13(9-14(18)17(15)22)11-19-20-16(21)8-7-12-5-3-2-4-6-12/h2-6,9-11,22H,7-8H2,1H3,(H,20,21)/b19-11-. The number of ether oxygens (including phenoxy) is 1. The maximum absolute atomic E-state index is 11.7. The minimum atomic E-state index is -0.179. The molecular formula is C17H17ClN2O3. The summed E-state index contributed by atoms with van der Waals surface area (Å²) in [5.74, 6) is -0.0606. The van der Waals surface area contributed by atoms with Crippen molar-refractivity contribution in [1.82, 2.24) is 5.43 Å². The maximum atomic E-state index is 11.7. The number of hydrazone groups is 1. The topological polar surface area (TPSA) is 70.9 Å². The second-order valence-electron chi connectivity index (χ2n) is 4.83. The monoisotopic (exact) mass is 332 g/mol. The summed E-state index contributed by atoms with van der Waals surface area (Å²) in [4.78, 5) is 11.7. The number of nitrogens with one attached hydrogen (secondary N) is 1. The third kappa shape index (κ3) is 5.00. The molecule has 2 N–H and O–H groups in total. The Bertz CT molecular complexity index is 702.